The van der Waals surface area contributed by atoms with Crippen molar-refractivity contribution < 1.29 is 13.5 Å². The second kappa shape index (κ2) is 4.88. The van der Waals surface area contributed by atoms with Gasteiger partial charge < -0.3 is 5.11 Å². The van der Waals surface area contributed by atoms with E-state index < -0.39 is 21.2 Å². The summed E-state index contributed by atoms with van der Waals surface area (Å²) < 4.78 is 25.2. The second-order valence-corrected chi connectivity index (χ2v) is 7.49. The van der Waals surface area contributed by atoms with Gasteiger partial charge in [0, 0.05) is 5.02 Å². The molecule has 1 aliphatic rings. The maximum absolute atomic E-state index is 12.6. The summed E-state index contributed by atoms with van der Waals surface area (Å²) in [5.41, 5.74) is 1.59. The van der Waals surface area contributed by atoms with Crippen LogP contribution in [0.15, 0.2) is 53.4 Å². The molecule has 0 saturated carbocycles. The molecule has 2 aromatic rings. The van der Waals surface area contributed by atoms with E-state index >= 15 is 0 Å². The van der Waals surface area contributed by atoms with E-state index in [-0.39, 0.29) is 4.90 Å². The number of aliphatic hydroxyl groups excluding tert-OH is 1. The van der Waals surface area contributed by atoms with Gasteiger partial charge >= 0.3 is 0 Å². The molecule has 20 heavy (non-hydrogen) atoms. The van der Waals surface area contributed by atoms with E-state index in [1.54, 1.807) is 24.3 Å². The van der Waals surface area contributed by atoms with E-state index in [1.807, 2.05) is 12.1 Å². The Morgan fingerprint density at radius 2 is 1.70 bits per heavy atom. The maximum Gasteiger partial charge on any atom is 0.184 e. The number of halogens is 1. The fourth-order valence-corrected chi connectivity index (χ4v) is 4.49. The van der Waals surface area contributed by atoms with Crippen LogP contribution in [0.5, 0.6) is 0 Å². The van der Waals surface area contributed by atoms with E-state index in [9.17, 15) is 13.5 Å². The topological polar surface area (TPSA) is 54.4 Å². The van der Waals surface area contributed by atoms with Crippen molar-refractivity contribution >= 4 is 21.4 Å². The van der Waals surface area contributed by atoms with E-state index in [1.165, 1.54) is 12.1 Å². The number of aliphatic hydroxyl groups is 1. The molecule has 3 nitrogen and oxygen atoms in total. The SMILES string of the molecule is O=S(=O)(c1ccc(Cl)cc1)[C@@H]1Cc2ccccc2[C@H]1O. The van der Waals surface area contributed by atoms with Gasteiger partial charge in [0.25, 0.3) is 0 Å². The smallest absolute Gasteiger partial charge is 0.184 e. The Morgan fingerprint density at radius 3 is 2.35 bits per heavy atom. The minimum atomic E-state index is -3.58. The largest absolute Gasteiger partial charge is 0.387 e. The number of benzene rings is 2. The summed E-state index contributed by atoms with van der Waals surface area (Å²) in [5.74, 6) is 0. The highest BCUT2D eigenvalue weighted by Crippen LogP contribution is 2.37. The van der Waals surface area contributed by atoms with Gasteiger partial charge in [-0.25, -0.2) is 8.42 Å². The summed E-state index contributed by atoms with van der Waals surface area (Å²) in [6.45, 7) is 0. The third-order valence-electron chi connectivity index (χ3n) is 3.69. The van der Waals surface area contributed by atoms with Crippen molar-refractivity contribution in [3.63, 3.8) is 0 Å². The quantitative estimate of drug-likeness (QED) is 0.928. The molecule has 3 rings (SSSR count). The van der Waals surface area contributed by atoms with Gasteiger partial charge in [0.05, 0.1) is 16.2 Å². The van der Waals surface area contributed by atoms with Crippen LogP contribution in [0.25, 0.3) is 0 Å². The van der Waals surface area contributed by atoms with Crippen LogP contribution in [0.4, 0.5) is 0 Å². The molecule has 0 saturated heterocycles. The van der Waals surface area contributed by atoms with Gasteiger partial charge in [-0.3, -0.25) is 0 Å². The van der Waals surface area contributed by atoms with Crippen molar-refractivity contribution in [3.8, 4) is 0 Å². The molecule has 104 valence electrons. The molecule has 0 heterocycles. The highest BCUT2D eigenvalue weighted by atomic mass is 35.5. The van der Waals surface area contributed by atoms with E-state index in [4.69, 9.17) is 11.6 Å². The molecule has 0 spiro atoms. The molecule has 2 aromatic carbocycles. The van der Waals surface area contributed by atoms with Crippen molar-refractivity contribution in [3.05, 3.63) is 64.7 Å². The van der Waals surface area contributed by atoms with Crippen molar-refractivity contribution in [2.75, 3.05) is 0 Å². The first-order valence-corrected chi connectivity index (χ1v) is 8.18. The predicted octanol–water partition coefficient (Wildman–Crippen LogP) is 2.77. The first-order valence-electron chi connectivity index (χ1n) is 6.25. The third kappa shape index (κ3) is 2.14. The molecule has 5 heteroatoms. The summed E-state index contributed by atoms with van der Waals surface area (Å²) >= 11 is 5.78. The standard InChI is InChI=1S/C15H13ClO3S/c16-11-5-7-12(8-6-11)20(18,19)14-9-10-3-1-2-4-13(10)15(14)17/h1-8,14-15,17H,9H2/t14-,15-/m1/s1. The molecule has 1 aliphatic carbocycles. The molecule has 2 atom stereocenters. The third-order valence-corrected chi connectivity index (χ3v) is 6.09. The predicted molar refractivity (Wildman–Crippen MR) is 77.5 cm³/mol. The number of rotatable bonds is 2. The molecule has 1 N–H and O–H groups in total. The summed E-state index contributed by atoms with van der Waals surface area (Å²) in [7, 11) is -3.58. The number of fused-ring (bicyclic) bond motifs is 1. The van der Waals surface area contributed by atoms with Crippen molar-refractivity contribution in [1.29, 1.82) is 0 Å². The Balaban J connectivity index is 2.00. The zero-order valence-corrected chi connectivity index (χ0v) is 12.1. The molecule has 0 aromatic heterocycles. The second-order valence-electron chi connectivity index (χ2n) is 4.89. The lowest BCUT2D eigenvalue weighted by molar-refractivity contribution is 0.182. The lowest BCUT2D eigenvalue weighted by Crippen LogP contribution is -2.25. The van der Waals surface area contributed by atoms with Crippen LogP contribution >= 0.6 is 11.6 Å². The van der Waals surface area contributed by atoms with Gasteiger partial charge in [-0.1, -0.05) is 35.9 Å². The zero-order valence-electron chi connectivity index (χ0n) is 10.5. The van der Waals surface area contributed by atoms with Crippen LogP contribution in [0.1, 0.15) is 17.2 Å². The van der Waals surface area contributed by atoms with Crippen LogP contribution in [0, 0.1) is 0 Å². The minimum absolute atomic E-state index is 0.193. The Labute approximate surface area is 122 Å². The fraction of sp³-hybridized carbons (Fsp3) is 0.200. The molecule has 0 aliphatic heterocycles. The van der Waals surface area contributed by atoms with E-state index in [0.717, 1.165) is 5.56 Å². The number of sulfone groups is 1. The van der Waals surface area contributed by atoms with Crippen LogP contribution in [-0.4, -0.2) is 18.8 Å². The molecule has 0 fully saturated rings. The van der Waals surface area contributed by atoms with E-state index in [0.29, 0.717) is 17.0 Å². The number of hydrogen-bond donors (Lipinski definition) is 1. The van der Waals surface area contributed by atoms with Crippen molar-refractivity contribution in [1.82, 2.24) is 0 Å². The summed E-state index contributed by atoms with van der Waals surface area (Å²) in [4.78, 5) is 0.193. The van der Waals surface area contributed by atoms with Gasteiger partial charge in [-0.15, -0.1) is 0 Å². The normalized spacial score (nSPS) is 21.7. The minimum Gasteiger partial charge on any atom is -0.387 e. The Hall–Kier alpha value is -1.36. The average Bonchev–Trinajstić information content (AvgIpc) is 2.78. The Bertz CT molecular complexity index is 738. The maximum atomic E-state index is 12.6. The summed E-state index contributed by atoms with van der Waals surface area (Å²) in [6.07, 6.45) is -0.644. The molecule has 0 bridgehead atoms. The Kier molecular flexibility index (Phi) is 3.32. The first kappa shape index (κ1) is 13.6. The fourth-order valence-electron chi connectivity index (χ4n) is 2.62. The van der Waals surface area contributed by atoms with Crippen molar-refractivity contribution in [2.45, 2.75) is 22.7 Å². The van der Waals surface area contributed by atoms with Crippen LogP contribution < -0.4 is 0 Å². The highest BCUT2D eigenvalue weighted by molar-refractivity contribution is 7.92. The average molecular weight is 309 g/mol. The van der Waals surface area contributed by atoms with Gasteiger partial charge in [-0.2, -0.15) is 0 Å². The lowest BCUT2D eigenvalue weighted by atomic mass is 10.1. The monoisotopic (exact) mass is 308 g/mol. The lowest BCUT2D eigenvalue weighted by Gasteiger charge is -2.16. The van der Waals surface area contributed by atoms with Gasteiger partial charge in [0.1, 0.15) is 0 Å². The molecular formula is C15H13ClO3S. The first-order chi connectivity index (χ1) is 9.50. The molecule has 0 amide bonds. The summed E-state index contributed by atoms with van der Waals surface area (Å²) in [6, 6.07) is 13.3. The highest BCUT2D eigenvalue weighted by Gasteiger charge is 2.40. The van der Waals surface area contributed by atoms with Gasteiger partial charge in [0.15, 0.2) is 9.84 Å². The summed E-state index contributed by atoms with van der Waals surface area (Å²) in [5, 5.41) is 9.94. The molecule has 0 radical (unpaired) electrons. The van der Waals surface area contributed by atoms with E-state index in [2.05, 4.69) is 0 Å². The van der Waals surface area contributed by atoms with Crippen molar-refractivity contribution in [2.24, 2.45) is 0 Å². The van der Waals surface area contributed by atoms with Crippen LogP contribution in [0.3, 0.4) is 0 Å². The number of hydrogen-bond acceptors (Lipinski definition) is 3. The van der Waals surface area contributed by atoms with Gasteiger partial charge in [0.2, 0.25) is 0 Å². The Morgan fingerprint density at radius 1 is 1.05 bits per heavy atom. The molecule has 0 unspecified atom stereocenters. The van der Waals surface area contributed by atoms with Crippen LogP contribution in [0.2, 0.25) is 5.02 Å². The molecular weight excluding hydrogens is 296 g/mol. The van der Waals surface area contributed by atoms with Crippen LogP contribution in [-0.2, 0) is 16.3 Å². The van der Waals surface area contributed by atoms with Gasteiger partial charge in [-0.05, 0) is 41.8 Å². The zero-order chi connectivity index (χ0) is 14.3.